The predicted molar refractivity (Wildman–Crippen MR) is 106 cm³/mol. The van der Waals surface area contributed by atoms with Crippen LogP contribution in [0, 0.1) is 10.1 Å². The molecular weight excluding hydrogens is 396 g/mol. The van der Waals surface area contributed by atoms with E-state index in [1.165, 1.54) is 31.4 Å². The van der Waals surface area contributed by atoms with Gasteiger partial charge in [0.05, 0.1) is 17.7 Å². The summed E-state index contributed by atoms with van der Waals surface area (Å²) in [6.45, 7) is 0.363. The van der Waals surface area contributed by atoms with E-state index < -0.39 is 23.4 Å². The Morgan fingerprint density at radius 1 is 1.17 bits per heavy atom. The van der Waals surface area contributed by atoms with Crippen molar-refractivity contribution in [3.05, 3.63) is 58.2 Å². The predicted octanol–water partition coefficient (Wildman–Crippen LogP) is 2.57. The monoisotopic (exact) mass is 414 g/mol. The second-order valence-electron chi connectivity index (χ2n) is 6.03. The molecule has 0 atom stereocenters. The maximum atomic E-state index is 12.0. The highest BCUT2D eigenvalue weighted by molar-refractivity contribution is 5.96. The SMILES string of the molecule is COc1ccc([N+](=O)[O-])cc1NC(=O)COC(=O)/C=C/c1ccc2c(c1)OCCO2. The summed E-state index contributed by atoms with van der Waals surface area (Å²) in [5.41, 5.74) is 0.576. The van der Waals surface area contributed by atoms with Gasteiger partial charge in [-0.3, -0.25) is 14.9 Å². The fourth-order valence-electron chi connectivity index (χ4n) is 2.61. The first-order chi connectivity index (χ1) is 14.5. The maximum absolute atomic E-state index is 12.0. The normalized spacial score (nSPS) is 12.3. The van der Waals surface area contributed by atoms with Crippen LogP contribution < -0.4 is 19.5 Å². The van der Waals surface area contributed by atoms with Crippen molar-refractivity contribution in [3.8, 4) is 17.2 Å². The van der Waals surface area contributed by atoms with Crippen LogP contribution in [0.3, 0.4) is 0 Å². The molecule has 0 fully saturated rings. The molecule has 0 saturated heterocycles. The molecule has 1 heterocycles. The number of nitrogens with one attached hydrogen (secondary N) is 1. The van der Waals surface area contributed by atoms with E-state index in [0.717, 1.165) is 6.07 Å². The lowest BCUT2D eigenvalue weighted by Gasteiger charge is -2.18. The fourth-order valence-corrected chi connectivity index (χ4v) is 2.61. The highest BCUT2D eigenvalue weighted by Crippen LogP contribution is 2.31. The van der Waals surface area contributed by atoms with E-state index in [0.29, 0.717) is 30.3 Å². The molecule has 0 aromatic heterocycles. The average Bonchev–Trinajstić information content (AvgIpc) is 2.76. The van der Waals surface area contributed by atoms with Gasteiger partial charge in [-0.25, -0.2) is 4.79 Å². The zero-order valence-electron chi connectivity index (χ0n) is 16.0. The van der Waals surface area contributed by atoms with Crippen LogP contribution in [0.1, 0.15) is 5.56 Å². The van der Waals surface area contributed by atoms with E-state index in [1.54, 1.807) is 18.2 Å². The number of nitrogens with zero attached hydrogens (tertiary/aromatic N) is 1. The molecule has 0 unspecified atom stereocenters. The number of methoxy groups -OCH3 is 1. The zero-order chi connectivity index (χ0) is 21.5. The number of non-ortho nitro benzene ring substituents is 1. The summed E-state index contributed by atoms with van der Waals surface area (Å²) in [4.78, 5) is 34.2. The van der Waals surface area contributed by atoms with Gasteiger partial charge in [0, 0.05) is 18.2 Å². The molecule has 2 aromatic carbocycles. The van der Waals surface area contributed by atoms with Crippen molar-refractivity contribution in [1.82, 2.24) is 0 Å². The number of amides is 1. The van der Waals surface area contributed by atoms with Crippen LogP contribution in [0.25, 0.3) is 6.08 Å². The van der Waals surface area contributed by atoms with Crippen LogP contribution in [0.4, 0.5) is 11.4 Å². The van der Waals surface area contributed by atoms with Gasteiger partial charge in [-0.1, -0.05) is 6.07 Å². The number of ether oxygens (including phenoxy) is 4. The van der Waals surface area contributed by atoms with Crippen LogP contribution in [0.5, 0.6) is 17.2 Å². The Hall–Kier alpha value is -4.08. The summed E-state index contributed by atoms with van der Waals surface area (Å²) in [5.74, 6) is 0.0518. The number of nitro benzene ring substituents is 1. The van der Waals surface area contributed by atoms with Gasteiger partial charge in [0.1, 0.15) is 19.0 Å². The number of fused-ring (bicyclic) bond motifs is 1. The first-order valence-electron chi connectivity index (χ1n) is 8.83. The third kappa shape index (κ3) is 5.25. The lowest BCUT2D eigenvalue weighted by Crippen LogP contribution is -2.20. The van der Waals surface area contributed by atoms with E-state index in [9.17, 15) is 19.7 Å². The standard InChI is InChI=1S/C20H18N2O8/c1-27-16-6-4-14(22(25)26)11-15(16)21-19(23)12-30-20(24)7-3-13-2-5-17-18(10-13)29-9-8-28-17/h2-7,10-11H,8-9,12H2,1H3,(H,21,23)/b7-3+. The molecule has 2 aromatic rings. The van der Waals surface area contributed by atoms with Gasteiger partial charge < -0.3 is 24.3 Å². The molecule has 156 valence electrons. The molecule has 10 nitrogen and oxygen atoms in total. The third-order valence-electron chi connectivity index (χ3n) is 3.99. The van der Waals surface area contributed by atoms with E-state index in [4.69, 9.17) is 18.9 Å². The van der Waals surface area contributed by atoms with Crippen molar-refractivity contribution in [2.45, 2.75) is 0 Å². The number of hydrogen-bond acceptors (Lipinski definition) is 8. The third-order valence-corrected chi connectivity index (χ3v) is 3.99. The molecule has 1 N–H and O–H groups in total. The van der Waals surface area contributed by atoms with E-state index in [-0.39, 0.29) is 17.1 Å². The van der Waals surface area contributed by atoms with Crippen molar-refractivity contribution in [1.29, 1.82) is 0 Å². The van der Waals surface area contributed by atoms with Gasteiger partial charge in [0.15, 0.2) is 18.1 Å². The summed E-state index contributed by atoms with van der Waals surface area (Å²) in [6, 6.07) is 8.96. The molecule has 3 rings (SSSR count). The van der Waals surface area contributed by atoms with Crippen LogP contribution >= 0.6 is 0 Å². The molecule has 10 heteroatoms. The zero-order valence-corrected chi connectivity index (χ0v) is 16.0. The Balaban J connectivity index is 1.55. The smallest absolute Gasteiger partial charge is 0.331 e. The summed E-state index contributed by atoms with van der Waals surface area (Å²) in [7, 11) is 1.36. The number of carbonyl (C=O) groups excluding carboxylic acids is 2. The van der Waals surface area contributed by atoms with Crippen molar-refractivity contribution >= 4 is 29.3 Å². The Kier molecular flexibility index (Phi) is 6.48. The lowest BCUT2D eigenvalue weighted by molar-refractivity contribution is -0.384. The molecule has 0 spiro atoms. The van der Waals surface area contributed by atoms with Crippen LogP contribution in [-0.2, 0) is 14.3 Å². The number of nitro groups is 1. The minimum Gasteiger partial charge on any atom is -0.495 e. The van der Waals surface area contributed by atoms with Crippen LogP contribution in [0.15, 0.2) is 42.5 Å². The molecule has 1 aliphatic rings. The number of hydrogen-bond donors (Lipinski definition) is 1. The summed E-state index contributed by atoms with van der Waals surface area (Å²) in [5, 5.41) is 13.3. The molecule has 1 amide bonds. The Bertz CT molecular complexity index is 1000. The highest BCUT2D eigenvalue weighted by Gasteiger charge is 2.15. The molecule has 0 aliphatic carbocycles. The van der Waals surface area contributed by atoms with Gasteiger partial charge in [0.2, 0.25) is 0 Å². The first kappa shape index (κ1) is 20.6. The Morgan fingerprint density at radius 3 is 2.67 bits per heavy atom. The van der Waals surface area contributed by atoms with E-state index in [1.807, 2.05) is 0 Å². The number of benzene rings is 2. The first-order valence-corrected chi connectivity index (χ1v) is 8.83. The van der Waals surface area contributed by atoms with Gasteiger partial charge in [0.25, 0.3) is 11.6 Å². The quantitative estimate of drug-likeness (QED) is 0.317. The Morgan fingerprint density at radius 2 is 1.93 bits per heavy atom. The summed E-state index contributed by atoms with van der Waals surface area (Å²) in [6.07, 6.45) is 2.69. The number of anilines is 1. The molecule has 1 aliphatic heterocycles. The number of carbonyl (C=O) groups is 2. The maximum Gasteiger partial charge on any atom is 0.331 e. The van der Waals surface area contributed by atoms with Crippen molar-refractivity contribution in [3.63, 3.8) is 0 Å². The molecule has 0 saturated carbocycles. The Labute approximate surface area is 171 Å². The largest absolute Gasteiger partial charge is 0.495 e. The van der Waals surface area contributed by atoms with Crippen molar-refractivity contribution < 1.29 is 33.5 Å². The second-order valence-corrected chi connectivity index (χ2v) is 6.03. The second kappa shape index (κ2) is 9.41. The molecule has 0 radical (unpaired) electrons. The number of esters is 1. The minimum absolute atomic E-state index is 0.0968. The lowest BCUT2D eigenvalue weighted by atomic mass is 10.2. The van der Waals surface area contributed by atoms with Crippen molar-refractivity contribution in [2.24, 2.45) is 0 Å². The van der Waals surface area contributed by atoms with Crippen molar-refractivity contribution in [2.75, 3.05) is 32.2 Å². The number of rotatable bonds is 7. The topological polar surface area (TPSA) is 126 Å². The van der Waals surface area contributed by atoms with Gasteiger partial charge >= 0.3 is 5.97 Å². The summed E-state index contributed by atoms with van der Waals surface area (Å²) < 4.78 is 20.8. The highest BCUT2D eigenvalue weighted by atomic mass is 16.6. The van der Waals surface area contributed by atoms with Crippen LogP contribution in [-0.4, -0.2) is 43.7 Å². The van der Waals surface area contributed by atoms with Gasteiger partial charge in [-0.15, -0.1) is 0 Å². The average molecular weight is 414 g/mol. The van der Waals surface area contributed by atoms with Crippen LogP contribution in [0.2, 0.25) is 0 Å². The van der Waals surface area contributed by atoms with Gasteiger partial charge in [-0.05, 0) is 29.8 Å². The van der Waals surface area contributed by atoms with E-state index in [2.05, 4.69) is 5.32 Å². The molecule has 30 heavy (non-hydrogen) atoms. The molecular formula is C20H18N2O8. The van der Waals surface area contributed by atoms with E-state index >= 15 is 0 Å². The minimum atomic E-state index is -0.731. The summed E-state index contributed by atoms with van der Waals surface area (Å²) >= 11 is 0. The molecule has 0 bridgehead atoms. The van der Waals surface area contributed by atoms with Gasteiger partial charge in [-0.2, -0.15) is 0 Å². The fraction of sp³-hybridized carbons (Fsp3) is 0.200.